The van der Waals surface area contributed by atoms with E-state index in [2.05, 4.69) is 24.1 Å². The SMILES string of the molecule is CC(C)CCOCCNc1ccc([N+](=O)[O-])nc1. The average molecular weight is 253 g/mol. The molecule has 1 rings (SSSR count). The van der Waals surface area contributed by atoms with Crippen LogP contribution in [0.15, 0.2) is 18.3 Å². The zero-order valence-corrected chi connectivity index (χ0v) is 10.8. The summed E-state index contributed by atoms with van der Waals surface area (Å²) in [5.74, 6) is 0.505. The predicted octanol–water partition coefficient (Wildman–Crippen LogP) is 2.46. The second-order valence-corrected chi connectivity index (χ2v) is 4.38. The van der Waals surface area contributed by atoms with E-state index in [9.17, 15) is 10.1 Å². The van der Waals surface area contributed by atoms with Gasteiger partial charge in [0.15, 0.2) is 6.20 Å². The quantitative estimate of drug-likeness (QED) is 0.437. The minimum Gasteiger partial charge on any atom is -0.380 e. The standard InChI is InChI=1S/C12H19N3O3/c1-10(2)5-7-18-8-6-13-11-3-4-12(14-9-11)15(16)17/h3-4,9-10,13H,5-8H2,1-2H3. The maximum absolute atomic E-state index is 10.4. The monoisotopic (exact) mass is 253 g/mol. The lowest BCUT2D eigenvalue weighted by Gasteiger charge is -2.07. The van der Waals surface area contributed by atoms with Gasteiger partial charge in [-0.25, -0.2) is 0 Å². The molecule has 0 aromatic carbocycles. The minimum atomic E-state index is -0.515. The summed E-state index contributed by atoms with van der Waals surface area (Å²) in [6.45, 7) is 6.35. The molecule has 0 radical (unpaired) electrons. The first kappa shape index (κ1) is 14.4. The lowest BCUT2D eigenvalue weighted by molar-refractivity contribution is -0.389. The molecule has 0 amide bonds. The molecule has 0 atom stereocenters. The molecule has 0 saturated carbocycles. The third-order valence-electron chi connectivity index (χ3n) is 2.35. The van der Waals surface area contributed by atoms with E-state index in [1.165, 1.54) is 12.3 Å². The van der Waals surface area contributed by atoms with Crippen LogP contribution in [0.3, 0.4) is 0 Å². The molecule has 18 heavy (non-hydrogen) atoms. The predicted molar refractivity (Wildman–Crippen MR) is 69.7 cm³/mol. The number of nitrogens with zero attached hydrogens (tertiary/aromatic N) is 2. The molecule has 6 heteroatoms. The first-order valence-electron chi connectivity index (χ1n) is 6.01. The molecule has 0 unspecified atom stereocenters. The van der Waals surface area contributed by atoms with E-state index >= 15 is 0 Å². The van der Waals surface area contributed by atoms with Crippen molar-refractivity contribution in [3.05, 3.63) is 28.4 Å². The van der Waals surface area contributed by atoms with Crippen LogP contribution in [-0.2, 0) is 4.74 Å². The maximum atomic E-state index is 10.4. The lowest BCUT2D eigenvalue weighted by atomic mass is 10.1. The summed E-state index contributed by atoms with van der Waals surface area (Å²) >= 11 is 0. The third kappa shape index (κ3) is 5.58. The second kappa shape index (κ2) is 7.60. The topological polar surface area (TPSA) is 77.3 Å². The lowest BCUT2D eigenvalue weighted by Crippen LogP contribution is -2.11. The van der Waals surface area contributed by atoms with E-state index in [1.807, 2.05) is 0 Å². The Balaban J connectivity index is 2.17. The number of hydrogen-bond acceptors (Lipinski definition) is 5. The Morgan fingerprint density at radius 2 is 2.22 bits per heavy atom. The number of ether oxygens (including phenoxy) is 1. The van der Waals surface area contributed by atoms with Gasteiger partial charge >= 0.3 is 5.82 Å². The normalized spacial score (nSPS) is 10.6. The summed E-state index contributed by atoms with van der Waals surface area (Å²) in [7, 11) is 0. The van der Waals surface area contributed by atoms with Crippen molar-refractivity contribution in [2.75, 3.05) is 25.1 Å². The molecule has 6 nitrogen and oxygen atoms in total. The number of aromatic nitrogens is 1. The number of rotatable bonds is 8. The molecular weight excluding hydrogens is 234 g/mol. The summed E-state index contributed by atoms with van der Waals surface area (Å²) in [5, 5.41) is 13.5. The first-order valence-corrected chi connectivity index (χ1v) is 6.01. The Morgan fingerprint density at radius 1 is 1.44 bits per heavy atom. The van der Waals surface area contributed by atoms with Crippen molar-refractivity contribution in [1.29, 1.82) is 0 Å². The van der Waals surface area contributed by atoms with E-state index < -0.39 is 4.92 Å². The minimum absolute atomic E-state index is 0.145. The largest absolute Gasteiger partial charge is 0.380 e. The Kier molecular flexibility index (Phi) is 6.07. The summed E-state index contributed by atoms with van der Waals surface area (Å²) < 4.78 is 5.44. The van der Waals surface area contributed by atoms with Crippen LogP contribution in [-0.4, -0.2) is 29.7 Å². The summed E-state index contributed by atoms with van der Waals surface area (Å²) in [6, 6.07) is 3.02. The highest BCUT2D eigenvalue weighted by Gasteiger charge is 2.05. The smallest absolute Gasteiger partial charge is 0.363 e. The Morgan fingerprint density at radius 3 is 2.78 bits per heavy atom. The maximum Gasteiger partial charge on any atom is 0.363 e. The molecule has 0 fully saturated rings. The molecule has 1 N–H and O–H groups in total. The van der Waals surface area contributed by atoms with Gasteiger partial charge in [0, 0.05) is 19.2 Å². The molecular formula is C12H19N3O3. The van der Waals surface area contributed by atoms with E-state index in [-0.39, 0.29) is 5.82 Å². The molecule has 1 aromatic heterocycles. The van der Waals surface area contributed by atoms with Crippen molar-refractivity contribution in [3.63, 3.8) is 0 Å². The van der Waals surface area contributed by atoms with Crippen molar-refractivity contribution in [1.82, 2.24) is 4.98 Å². The summed E-state index contributed by atoms with van der Waals surface area (Å²) in [6.07, 6.45) is 2.51. The fourth-order valence-electron chi connectivity index (χ4n) is 1.29. The van der Waals surface area contributed by atoms with Crippen LogP contribution < -0.4 is 5.32 Å². The fraction of sp³-hybridized carbons (Fsp3) is 0.583. The summed E-state index contributed by atoms with van der Waals surface area (Å²) in [4.78, 5) is 13.6. The molecule has 1 heterocycles. The van der Waals surface area contributed by atoms with Crippen LogP contribution in [0.2, 0.25) is 0 Å². The number of nitro groups is 1. The van der Waals surface area contributed by atoms with Gasteiger partial charge < -0.3 is 20.2 Å². The zero-order valence-electron chi connectivity index (χ0n) is 10.8. The van der Waals surface area contributed by atoms with Gasteiger partial charge in [-0.05, 0) is 28.3 Å². The average Bonchev–Trinajstić information content (AvgIpc) is 2.34. The van der Waals surface area contributed by atoms with Gasteiger partial charge in [0.1, 0.15) is 0 Å². The molecule has 0 spiro atoms. The van der Waals surface area contributed by atoms with Gasteiger partial charge in [0.25, 0.3) is 0 Å². The molecule has 0 aliphatic heterocycles. The van der Waals surface area contributed by atoms with E-state index in [0.717, 1.165) is 18.7 Å². The molecule has 0 aliphatic carbocycles. The van der Waals surface area contributed by atoms with Crippen molar-refractivity contribution in [2.45, 2.75) is 20.3 Å². The first-order chi connectivity index (χ1) is 8.59. The van der Waals surface area contributed by atoms with Crippen molar-refractivity contribution < 1.29 is 9.66 Å². The fourth-order valence-corrected chi connectivity index (χ4v) is 1.29. The molecule has 0 bridgehead atoms. The molecule has 0 aliphatic rings. The highest BCUT2D eigenvalue weighted by atomic mass is 16.6. The number of hydrogen-bond donors (Lipinski definition) is 1. The van der Waals surface area contributed by atoms with Gasteiger partial charge in [-0.1, -0.05) is 13.8 Å². The van der Waals surface area contributed by atoms with E-state index in [0.29, 0.717) is 19.1 Å². The highest BCUT2D eigenvalue weighted by molar-refractivity contribution is 5.43. The van der Waals surface area contributed by atoms with Crippen molar-refractivity contribution >= 4 is 11.5 Å². The second-order valence-electron chi connectivity index (χ2n) is 4.38. The third-order valence-corrected chi connectivity index (χ3v) is 2.35. The van der Waals surface area contributed by atoms with Gasteiger partial charge in [0.05, 0.1) is 12.3 Å². The molecule has 1 aromatic rings. The molecule has 100 valence electrons. The van der Waals surface area contributed by atoms with Gasteiger partial charge in [-0.3, -0.25) is 0 Å². The van der Waals surface area contributed by atoms with E-state index in [1.54, 1.807) is 6.07 Å². The Hall–Kier alpha value is -1.69. The Bertz CT molecular complexity index is 365. The van der Waals surface area contributed by atoms with Crippen LogP contribution >= 0.6 is 0 Å². The van der Waals surface area contributed by atoms with Crippen molar-refractivity contribution in [3.8, 4) is 0 Å². The molecule has 0 saturated heterocycles. The van der Waals surface area contributed by atoms with Crippen LogP contribution in [0.1, 0.15) is 20.3 Å². The number of anilines is 1. The number of nitrogens with one attached hydrogen (secondary N) is 1. The van der Waals surface area contributed by atoms with Crippen LogP contribution in [0.25, 0.3) is 0 Å². The summed E-state index contributed by atoms with van der Waals surface area (Å²) in [5.41, 5.74) is 0.757. The number of pyridine rings is 1. The van der Waals surface area contributed by atoms with Gasteiger partial charge in [-0.15, -0.1) is 0 Å². The van der Waals surface area contributed by atoms with Crippen molar-refractivity contribution in [2.24, 2.45) is 5.92 Å². The van der Waals surface area contributed by atoms with Gasteiger partial charge in [0.2, 0.25) is 0 Å². The van der Waals surface area contributed by atoms with Crippen LogP contribution in [0.5, 0.6) is 0 Å². The van der Waals surface area contributed by atoms with Crippen LogP contribution in [0, 0.1) is 16.0 Å². The highest BCUT2D eigenvalue weighted by Crippen LogP contribution is 2.10. The van der Waals surface area contributed by atoms with E-state index in [4.69, 9.17) is 4.74 Å². The van der Waals surface area contributed by atoms with Crippen LogP contribution in [0.4, 0.5) is 11.5 Å². The zero-order chi connectivity index (χ0) is 13.4. The Labute approximate surface area is 107 Å². The van der Waals surface area contributed by atoms with Gasteiger partial charge in [-0.2, -0.15) is 0 Å².